The summed E-state index contributed by atoms with van der Waals surface area (Å²) in [5, 5.41) is 2.66. The van der Waals surface area contributed by atoms with Crippen LogP contribution in [0.4, 0.5) is 4.79 Å². The van der Waals surface area contributed by atoms with E-state index in [1.54, 1.807) is 11.0 Å². The molecule has 2 aromatic rings. The predicted molar refractivity (Wildman–Crippen MR) is 109 cm³/mol. The van der Waals surface area contributed by atoms with E-state index in [-0.39, 0.29) is 30.8 Å². The summed E-state index contributed by atoms with van der Waals surface area (Å²) in [7, 11) is 0. The molecule has 7 nitrogen and oxygen atoms in total. The second kappa shape index (κ2) is 9.96. The standard InChI is InChI=1S/C20H24N4O3.ClH/c21-15-9-10-24(13-15)19(25)12-18(23-20(22)26)14-5-4-8-17(11-14)27-16-6-2-1-3-7-16;/h1-8,11,15,18H,9-10,12-13,21H2,(H3,22,23,26);1H/t15-,18?;/m1./s1. The lowest BCUT2D eigenvalue weighted by molar-refractivity contribution is -0.130. The molecule has 8 heteroatoms. The van der Waals surface area contributed by atoms with Crippen LogP contribution < -0.4 is 21.5 Å². The number of nitrogens with zero attached hydrogens (tertiary/aromatic N) is 1. The van der Waals surface area contributed by atoms with Gasteiger partial charge in [0.25, 0.3) is 0 Å². The summed E-state index contributed by atoms with van der Waals surface area (Å²) >= 11 is 0. The molecule has 1 aliphatic rings. The van der Waals surface area contributed by atoms with Gasteiger partial charge >= 0.3 is 6.03 Å². The van der Waals surface area contributed by atoms with Gasteiger partial charge in [-0.1, -0.05) is 30.3 Å². The van der Waals surface area contributed by atoms with Crippen molar-refractivity contribution in [2.75, 3.05) is 13.1 Å². The molecule has 0 saturated carbocycles. The van der Waals surface area contributed by atoms with Crippen LogP contribution >= 0.6 is 12.4 Å². The molecule has 2 aromatic carbocycles. The summed E-state index contributed by atoms with van der Waals surface area (Å²) in [5.41, 5.74) is 11.9. The first-order chi connectivity index (χ1) is 13.0. The minimum absolute atomic E-state index is 0. The van der Waals surface area contributed by atoms with Gasteiger partial charge in [-0.3, -0.25) is 4.79 Å². The number of likely N-dealkylation sites (tertiary alicyclic amines) is 1. The number of nitrogens with two attached hydrogens (primary N) is 2. The zero-order valence-corrected chi connectivity index (χ0v) is 16.2. The number of rotatable bonds is 6. The Hall–Kier alpha value is -2.77. The quantitative estimate of drug-likeness (QED) is 0.687. The Morgan fingerprint density at radius 2 is 1.86 bits per heavy atom. The number of hydrogen-bond acceptors (Lipinski definition) is 4. The van der Waals surface area contributed by atoms with E-state index in [2.05, 4.69) is 5.32 Å². The third kappa shape index (κ3) is 5.87. The smallest absolute Gasteiger partial charge is 0.312 e. The molecule has 0 radical (unpaired) electrons. The lowest BCUT2D eigenvalue weighted by Gasteiger charge is -2.22. The third-order valence-corrected chi connectivity index (χ3v) is 4.51. The van der Waals surface area contributed by atoms with Gasteiger partial charge in [0, 0.05) is 19.1 Å². The number of nitrogens with one attached hydrogen (secondary N) is 1. The van der Waals surface area contributed by atoms with Crippen LogP contribution in [0.3, 0.4) is 0 Å². The van der Waals surface area contributed by atoms with Crippen molar-refractivity contribution in [3.8, 4) is 11.5 Å². The lowest BCUT2D eigenvalue weighted by Crippen LogP contribution is -2.38. The Bertz CT molecular complexity index is 803. The molecule has 1 fully saturated rings. The number of carbonyl (C=O) groups is 2. The Balaban J connectivity index is 0.00000280. The molecule has 1 heterocycles. The number of primary amides is 1. The van der Waals surface area contributed by atoms with Gasteiger partial charge in [-0.05, 0) is 36.2 Å². The van der Waals surface area contributed by atoms with E-state index < -0.39 is 12.1 Å². The van der Waals surface area contributed by atoms with Crippen LogP contribution in [0.2, 0.25) is 0 Å². The Labute approximate surface area is 170 Å². The van der Waals surface area contributed by atoms with Gasteiger partial charge in [-0.15, -0.1) is 12.4 Å². The van der Waals surface area contributed by atoms with Gasteiger partial charge in [0.1, 0.15) is 11.5 Å². The van der Waals surface area contributed by atoms with Crippen LogP contribution in [0, 0.1) is 0 Å². The van der Waals surface area contributed by atoms with Crippen LogP contribution in [0.5, 0.6) is 11.5 Å². The summed E-state index contributed by atoms with van der Waals surface area (Å²) in [5.74, 6) is 1.26. The molecule has 28 heavy (non-hydrogen) atoms. The molecule has 0 aromatic heterocycles. The molecule has 5 N–H and O–H groups in total. The molecule has 0 bridgehead atoms. The highest BCUT2D eigenvalue weighted by molar-refractivity contribution is 5.85. The van der Waals surface area contributed by atoms with Gasteiger partial charge in [0.2, 0.25) is 5.91 Å². The predicted octanol–water partition coefficient (Wildman–Crippen LogP) is 2.56. The second-order valence-corrected chi connectivity index (χ2v) is 6.64. The molecule has 0 aliphatic carbocycles. The fourth-order valence-electron chi connectivity index (χ4n) is 3.16. The molecule has 2 atom stereocenters. The number of halogens is 1. The van der Waals surface area contributed by atoms with E-state index in [0.717, 1.165) is 12.0 Å². The first-order valence-electron chi connectivity index (χ1n) is 8.93. The van der Waals surface area contributed by atoms with Crippen molar-refractivity contribution in [2.24, 2.45) is 11.5 Å². The van der Waals surface area contributed by atoms with Crippen molar-refractivity contribution in [1.82, 2.24) is 10.2 Å². The summed E-state index contributed by atoms with van der Waals surface area (Å²) < 4.78 is 5.84. The fraction of sp³-hybridized carbons (Fsp3) is 0.300. The number of ether oxygens (including phenoxy) is 1. The Morgan fingerprint density at radius 3 is 2.50 bits per heavy atom. The maximum Gasteiger partial charge on any atom is 0.312 e. The van der Waals surface area contributed by atoms with E-state index >= 15 is 0 Å². The van der Waals surface area contributed by atoms with Gasteiger partial charge in [0.05, 0.1) is 12.5 Å². The van der Waals surface area contributed by atoms with Gasteiger partial charge in [-0.2, -0.15) is 0 Å². The van der Waals surface area contributed by atoms with Crippen molar-refractivity contribution in [1.29, 1.82) is 0 Å². The first kappa shape index (κ1) is 21.5. The number of para-hydroxylation sites is 1. The monoisotopic (exact) mass is 404 g/mol. The topological polar surface area (TPSA) is 111 Å². The van der Waals surface area contributed by atoms with Gasteiger partial charge in [0.15, 0.2) is 0 Å². The van der Waals surface area contributed by atoms with Crippen molar-refractivity contribution >= 4 is 24.3 Å². The Kier molecular flexibility index (Phi) is 7.66. The van der Waals surface area contributed by atoms with E-state index in [4.69, 9.17) is 16.2 Å². The van der Waals surface area contributed by atoms with E-state index in [0.29, 0.717) is 24.6 Å². The van der Waals surface area contributed by atoms with Crippen molar-refractivity contribution < 1.29 is 14.3 Å². The number of amides is 3. The zero-order chi connectivity index (χ0) is 19.2. The normalized spacial score (nSPS) is 16.8. The largest absolute Gasteiger partial charge is 0.457 e. The average molecular weight is 405 g/mol. The summed E-state index contributed by atoms with van der Waals surface area (Å²) in [4.78, 5) is 25.8. The molecule has 1 unspecified atom stereocenters. The highest BCUT2D eigenvalue weighted by Gasteiger charge is 2.27. The van der Waals surface area contributed by atoms with Crippen LogP contribution in [-0.2, 0) is 4.79 Å². The molecule has 0 spiro atoms. The molecule has 1 saturated heterocycles. The van der Waals surface area contributed by atoms with Crippen LogP contribution in [0.1, 0.15) is 24.4 Å². The summed E-state index contributed by atoms with van der Waals surface area (Å²) in [6, 6.07) is 15.5. The first-order valence-corrected chi connectivity index (χ1v) is 8.93. The highest BCUT2D eigenvalue weighted by atomic mass is 35.5. The van der Waals surface area contributed by atoms with E-state index in [9.17, 15) is 9.59 Å². The molecule has 3 rings (SSSR count). The lowest BCUT2D eigenvalue weighted by atomic mass is 10.0. The van der Waals surface area contributed by atoms with Crippen LogP contribution in [-0.4, -0.2) is 36.0 Å². The molecule has 150 valence electrons. The minimum atomic E-state index is -0.680. The molecular formula is C20H25ClN4O3. The molecular weight excluding hydrogens is 380 g/mol. The van der Waals surface area contributed by atoms with Crippen LogP contribution in [0.15, 0.2) is 54.6 Å². The van der Waals surface area contributed by atoms with Crippen molar-refractivity contribution in [3.63, 3.8) is 0 Å². The SMILES string of the molecule is Cl.NC(=O)NC(CC(=O)N1CC[C@@H](N)C1)c1cccc(Oc2ccccc2)c1. The number of hydrogen-bond donors (Lipinski definition) is 3. The number of carbonyl (C=O) groups excluding carboxylic acids is 2. The van der Waals surface area contributed by atoms with Crippen LogP contribution in [0.25, 0.3) is 0 Å². The second-order valence-electron chi connectivity index (χ2n) is 6.64. The average Bonchev–Trinajstić information content (AvgIpc) is 3.08. The van der Waals surface area contributed by atoms with Crippen molar-refractivity contribution in [2.45, 2.75) is 24.9 Å². The minimum Gasteiger partial charge on any atom is -0.457 e. The molecule has 1 aliphatic heterocycles. The third-order valence-electron chi connectivity index (χ3n) is 4.51. The zero-order valence-electron chi connectivity index (χ0n) is 15.4. The highest BCUT2D eigenvalue weighted by Crippen LogP contribution is 2.26. The summed E-state index contributed by atoms with van der Waals surface area (Å²) in [6.07, 6.45) is 0.907. The van der Waals surface area contributed by atoms with Crippen molar-refractivity contribution in [3.05, 3.63) is 60.2 Å². The van der Waals surface area contributed by atoms with E-state index in [1.165, 1.54) is 0 Å². The van der Waals surface area contributed by atoms with Gasteiger partial charge in [-0.25, -0.2) is 4.79 Å². The number of benzene rings is 2. The maximum absolute atomic E-state index is 12.6. The van der Waals surface area contributed by atoms with Gasteiger partial charge < -0.3 is 26.4 Å². The maximum atomic E-state index is 12.6. The Morgan fingerprint density at radius 1 is 1.14 bits per heavy atom. The van der Waals surface area contributed by atoms with E-state index in [1.807, 2.05) is 48.5 Å². The summed E-state index contributed by atoms with van der Waals surface area (Å²) in [6.45, 7) is 1.18. The number of urea groups is 1. The molecule has 3 amide bonds. The fourth-order valence-corrected chi connectivity index (χ4v) is 3.16.